The average Bonchev–Trinajstić information content (AvgIpc) is 3.00. The lowest BCUT2D eigenvalue weighted by Gasteiger charge is -2.08. The first-order valence-electron chi connectivity index (χ1n) is 7.97. The summed E-state index contributed by atoms with van der Waals surface area (Å²) in [6.45, 7) is 4.57. The van der Waals surface area contributed by atoms with Crippen LogP contribution in [-0.4, -0.2) is 26.3 Å². The van der Waals surface area contributed by atoms with Crippen molar-refractivity contribution in [3.63, 3.8) is 0 Å². The molecule has 0 aliphatic rings. The highest BCUT2D eigenvalue weighted by atomic mass is 16.2. The molecule has 0 saturated carbocycles. The molecule has 0 saturated heterocycles. The van der Waals surface area contributed by atoms with Gasteiger partial charge in [0.1, 0.15) is 5.69 Å². The molecule has 0 spiro atoms. The summed E-state index contributed by atoms with van der Waals surface area (Å²) in [5.41, 5.74) is 9.27. The summed E-state index contributed by atoms with van der Waals surface area (Å²) in [5.74, 6) is -0.733. The van der Waals surface area contributed by atoms with Crippen LogP contribution >= 0.6 is 0 Å². The van der Waals surface area contributed by atoms with E-state index in [1.807, 2.05) is 24.5 Å². The van der Waals surface area contributed by atoms with E-state index in [2.05, 4.69) is 26.9 Å². The second-order valence-corrected chi connectivity index (χ2v) is 5.83. The van der Waals surface area contributed by atoms with E-state index in [-0.39, 0.29) is 18.0 Å². The third-order valence-corrected chi connectivity index (χ3v) is 4.03. The number of benzene rings is 1. The van der Waals surface area contributed by atoms with E-state index in [1.165, 1.54) is 17.3 Å². The zero-order chi connectivity index (χ0) is 17.8. The van der Waals surface area contributed by atoms with Crippen LogP contribution in [0, 0.1) is 13.8 Å². The number of imidazole rings is 1. The molecule has 0 fully saturated rings. The van der Waals surface area contributed by atoms with E-state index in [9.17, 15) is 9.59 Å². The highest BCUT2D eigenvalue weighted by molar-refractivity contribution is 5.93. The summed E-state index contributed by atoms with van der Waals surface area (Å²) < 4.78 is 1.93. The number of hydrogen-bond donors (Lipinski definition) is 2. The number of aromatic nitrogens is 3. The van der Waals surface area contributed by atoms with Gasteiger partial charge in [-0.1, -0.05) is 6.07 Å². The molecular weight excluding hydrogens is 318 g/mol. The first kappa shape index (κ1) is 16.6. The van der Waals surface area contributed by atoms with Gasteiger partial charge in [-0.05, 0) is 49.2 Å². The molecule has 2 aromatic heterocycles. The number of aryl methyl sites for hydroxylation is 3. The van der Waals surface area contributed by atoms with Gasteiger partial charge < -0.3 is 4.57 Å². The molecule has 25 heavy (non-hydrogen) atoms. The SMILES string of the molecule is Cc1cc2ncn(CCC(=O)NNC(=O)c3ccccn3)c2cc1C. The van der Waals surface area contributed by atoms with Crippen LogP contribution in [0.2, 0.25) is 0 Å². The fraction of sp³-hybridized carbons (Fsp3) is 0.222. The predicted molar refractivity (Wildman–Crippen MR) is 93.7 cm³/mol. The smallest absolute Gasteiger partial charge is 0.288 e. The Bertz CT molecular complexity index is 918. The van der Waals surface area contributed by atoms with E-state index < -0.39 is 5.91 Å². The summed E-state index contributed by atoms with van der Waals surface area (Å²) in [6, 6.07) is 9.10. The maximum Gasteiger partial charge on any atom is 0.288 e. The van der Waals surface area contributed by atoms with Crippen molar-refractivity contribution in [1.82, 2.24) is 25.4 Å². The lowest BCUT2D eigenvalue weighted by Crippen LogP contribution is -2.42. The highest BCUT2D eigenvalue weighted by Crippen LogP contribution is 2.18. The molecule has 2 heterocycles. The van der Waals surface area contributed by atoms with Crippen LogP contribution in [0.3, 0.4) is 0 Å². The lowest BCUT2D eigenvalue weighted by molar-refractivity contribution is -0.122. The molecule has 0 bridgehead atoms. The summed E-state index contributed by atoms with van der Waals surface area (Å²) in [6.07, 6.45) is 3.47. The van der Waals surface area contributed by atoms with Gasteiger partial charge in [0.25, 0.3) is 5.91 Å². The molecule has 128 valence electrons. The number of hydrogen-bond acceptors (Lipinski definition) is 4. The standard InChI is InChI=1S/C18H19N5O2/c1-12-9-15-16(10-13(12)2)23(11-20-15)8-6-17(24)21-22-18(25)14-5-3-4-7-19-14/h3-5,7,9-11H,6,8H2,1-2H3,(H,21,24)(H,22,25). The second-order valence-electron chi connectivity index (χ2n) is 5.83. The number of pyridine rings is 1. The van der Waals surface area contributed by atoms with Gasteiger partial charge in [-0.3, -0.25) is 25.4 Å². The summed E-state index contributed by atoms with van der Waals surface area (Å²) in [4.78, 5) is 32.1. The van der Waals surface area contributed by atoms with Crippen molar-refractivity contribution in [2.75, 3.05) is 0 Å². The van der Waals surface area contributed by atoms with Crippen LogP contribution in [-0.2, 0) is 11.3 Å². The molecule has 0 aliphatic carbocycles. The monoisotopic (exact) mass is 337 g/mol. The molecule has 0 atom stereocenters. The maximum atomic E-state index is 12.0. The number of hydrazine groups is 1. The van der Waals surface area contributed by atoms with Gasteiger partial charge in [0.05, 0.1) is 17.4 Å². The van der Waals surface area contributed by atoms with Gasteiger partial charge in [0, 0.05) is 19.2 Å². The molecule has 3 rings (SSSR count). The molecule has 0 radical (unpaired) electrons. The number of carbonyl (C=O) groups excluding carboxylic acids is 2. The quantitative estimate of drug-likeness (QED) is 0.712. The Labute approximate surface area is 145 Å². The number of nitrogens with one attached hydrogen (secondary N) is 2. The van der Waals surface area contributed by atoms with Crippen LogP contribution in [0.5, 0.6) is 0 Å². The van der Waals surface area contributed by atoms with Crippen molar-refractivity contribution in [2.45, 2.75) is 26.8 Å². The fourth-order valence-electron chi connectivity index (χ4n) is 2.46. The van der Waals surface area contributed by atoms with Crippen LogP contribution in [0.15, 0.2) is 42.9 Å². The second kappa shape index (κ2) is 7.12. The van der Waals surface area contributed by atoms with E-state index in [0.29, 0.717) is 6.54 Å². The predicted octanol–water partition coefficient (Wildman–Crippen LogP) is 1.90. The van der Waals surface area contributed by atoms with Gasteiger partial charge in [-0.2, -0.15) is 0 Å². The minimum Gasteiger partial charge on any atom is -0.330 e. The van der Waals surface area contributed by atoms with E-state index >= 15 is 0 Å². The van der Waals surface area contributed by atoms with Crippen LogP contribution < -0.4 is 10.9 Å². The fourth-order valence-corrected chi connectivity index (χ4v) is 2.46. The topological polar surface area (TPSA) is 88.9 Å². The Balaban J connectivity index is 1.56. The average molecular weight is 337 g/mol. The number of rotatable bonds is 4. The van der Waals surface area contributed by atoms with E-state index in [4.69, 9.17) is 0 Å². The third-order valence-electron chi connectivity index (χ3n) is 4.03. The molecule has 7 heteroatoms. The van der Waals surface area contributed by atoms with Crippen molar-refractivity contribution in [1.29, 1.82) is 0 Å². The van der Waals surface area contributed by atoms with Gasteiger partial charge in [-0.15, -0.1) is 0 Å². The number of amides is 2. The molecule has 0 unspecified atom stereocenters. The molecule has 3 aromatic rings. The minimum atomic E-state index is -0.451. The van der Waals surface area contributed by atoms with Gasteiger partial charge in [-0.25, -0.2) is 4.98 Å². The highest BCUT2D eigenvalue weighted by Gasteiger charge is 2.10. The van der Waals surface area contributed by atoms with E-state index in [1.54, 1.807) is 24.5 Å². The Hall–Kier alpha value is -3.22. The number of fused-ring (bicyclic) bond motifs is 1. The zero-order valence-corrected chi connectivity index (χ0v) is 14.1. The van der Waals surface area contributed by atoms with Crippen molar-refractivity contribution in [3.05, 3.63) is 59.7 Å². The summed E-state index contributed by atoms with van der Waals surface area (Å²) in [5, 5.41) is 0. The molecule has 0 aliphatic heterocycles. The molecule has 2 N–H and O–H groups in total. The van der Waals surface area contributed by atoms with Gasteiger partial charge in [0.2, 0.25) is 5.91 Å². The zero-order valence-electron chi connectivity index (χ0n) is 14.1. The van der Waals surface area contributed by atoms with Crippen molar-refractivity contribution in [2.24, 2.45) is 0 Å². The Morgan fingerprint density at radius 1 is 1.08 bits per heavy atom. The Morgan fingerprint density at radius 2 is 1.88 bits per heavy atom. The Morgan fingerprint density at radius 3 is 2.64 bits per heavy atom. The first-order valence-corrected chi connectivity index (χ1v) is 7.97. The lowest BCUT2D eigenvalue weighted by atomic mass is 10.1. The van der Waals surface area contributed by atoms with Crippen molar-refractivity contribution < 1.29 is 9.59 Å². The van der Waals surface area contributed by atoms with Gasteiger partial charge >= 0.3 is 0 Å². The first-order chi connectivity index (χ1) is 12.0. The maximum absolute atomic E-state index is 12.0. The minimum absolute atomic E-state index is 0.223. The summed E-state index contributed by atoms with van der Waals surface area (Å²) >= 11 is 0. The van der Waals surface area contributed by atoms with Crippen molar-refractivity contribution >= 4 is 22.8 Å². The van der Waals surface area contributed by atoms with Crippen molar-refractivity contribution in [3.8, 4) is 0 Å². The van der Waals surface area contributed by atoms with Crippen LogP contribution in [0.4, 0.5) is 0 Å². The Kier molecular flexibility index (Phi) is 4.74. The van der Waals surface area contributed by atoms with E-state index in [0.717, 1.165) is 11.0 Å². The third kappa shape index (κ3) is 3.82. The number of carbonyl (C=O) groups is 2. The van der Waals surface area contributed by atoms with Crippen LogP contribution in [0.1, 0.15) is 28.0 Å². The van der Waals surface area contributed by atoms with Crippen LogP contribution in [0.25, 0.3) is 11.0 Å². The normalized spacial score (nSPS) is 10.6. The largest absolute Gasteiger partial charge is 0.330 e. The number of nitrogens with zero attached hydrogens (tertiary/aromatic N) is 3. The van der Waals surface area contributed by atoms with Gasteiger partial charge in [0.15, 0.2) is 0 Å². The molecule has 1 aromatic carbocycles. The molecule has 2 amide bonds. The molecular formula is C18H19N5O2. The summed E-state index contributed by atoms with van der Waals surface area (Å²) in [7, 11) is 0. The molecule has 7 nitrogen and oxygen atoms in total.